The van der Waals surface area contributed by atoms with E-state index in [1.807, 2.05) is 6.92 Å². The van der Waals surface area contributed by atoms with Crippen LogP contribution in [0.1, 0.15) is 58.3 Å². The van der Waals surface area contributed by atoms with Crippen molar-refractivity contribution in [3.05, 3.63) is 0 Å². The van der Waals surface area contributed by atoms with Crippen molar-refractivity contribution in [3.8, 4) is 0 Å². The molecule has 0 radical (unpaired) electrons. The Bertz CT molecular complexity index is 411. The molecule has 3 fully saturated rings. The molecular formula is C14H21F3N2O. The van der Waals surface area contributed by atoms with Crippen LogP contribution in [0.2, 0.25) is 0 Å². The van der Waals surface area contributed by atoms with E-state index in [1.54, 1.807) is 0 Å². The fourth-order valence-corrected chi connectivity index (χ4v) is 3.90. The molecule has 1 N–H and O–H groups in total. The number of halogens is 3. The van der Waals surface area contributed by atoms with Gasteiger partial charge in [-0.25, -0.2) is 0 Å². The number of nitrogens with one attached hydrogen (secondary N) is 1. The highest BCUT2D eigenvalue weighted by Crippen LogP contribution is 2.57. The zero-order valence-corrected chi connectivity index (χ0v) is 11.7. The molecule has 6 heteroatoms. The lowest BCUT2D eigenvalue weighted by Crippen LogP contribution is -2.54. The van der Waals surface area contributed by atoms with Gasteiger partial charge in [-0.15, -0.1) is 0 Å². The molecule has 3 aliphatic rings. The van der Waals surface area contributed by atoms with Crippen molar-refractivity contribution in [1.82, 2.24) is 10.2 Å². The first-order valence-corrected chi connectivity index (χ1v) is 7.54. The number of rotatable bonds is 3. The number of carbonyl (C=O) groups is 1. The van der Waals surface area contributed by atoms with Gasteiger partial charge in [-0.05, 0) is 32.1 Å². The highest BCUT2D eigenvalue weighted by Gasteiger charge is 2.72. The lowest BCUT2D eigenvalue weighted by Gasteiger charge is -2.34. The maximum atomic E-state index is 13.4. The summed E-state index contributed by atoms with van der Waals surface area (Å²) in [7, 11) is 0. The molecule has 3 nitrogen and oxygen atoms in total. The van der Waals surface area contributed by atoms with Gasteiger partial charge in [0.1, 0.15) is 5.54 Å². The standard InChI is InChI=1S/C14H21F3N2O/c1-2-5-10-18-12(6-3-4-7-12)11(20)19(10)13(8-9-13)14(15,16)17/h10,18H,2-9H2,1H3. The Balaban J connectivity index is 1.93. The fourth-order valence-electron chi connectivity index (χ4n) is 3.90. The second kappa shape index (κ2) is 4.36. The largest absolute Gasteiger partial charge is 0.411 e. The first kappa shape index (κ1) is 14.2. The quantitative estimate of drug-likeness (QED) is 0.866. The molecule has 1 saturated heterocycles. The zero-order valence-electron chi connectivity index (χ0n) is 11.7. The Hall–Kier alpha value is -0.780. The molecule has 2 saturated carbocycles. The Morgan fingerprint density at radius 2 is 1.85 bits per heavy atom. The molecule has 1 amide bonds. The van der Waals surface area contributed by atoms with Crippen molar-refractivity contribution in [3.63, 3.8) is 0 Å². The third-order valence-corrected chi connectivity index (χ3v) is 5.11. The smallest absolute Gasteiger partial charge is 0.311 e. The fraction of sp³-hybridized carbons (Fsp3) is 0.929. The minimum absolute atomic E-state index is 0.0558. The minimum Gasteiger partial charge on any atom is -0.311 e. The van der Waals surface area contributed by atoms with Crippen LogP contribution in [0, 0.1) is 0 Å². The molecule has 114 valence electrons. The van der Waals surface area contributed by atoms with Gasteiger partial charge in [0.05, 0.1) is 11.7 Å². The maximum Gasteiger partial charge on any atom is 0.411 e. The van der Waals surface area contributed by atoms with Gasteiger partial charge in [-0.1, -0.05) is 26.2 Å². The van der Waals surface area contributed by atoms with Gasteiger partial charge >= 0.3 is 6.18 Å². The maximum absolute atomic E-state index is 13.4. The molecule has 3 rings (SSSR count). The van der Waals surface area contributed by atoms with Crippen LogP contribution < -0.4 is 5.32 Å². The summed E-state index contributed by atoms with van der Waals surface area (Å²) >= 11 is 0. The Morgan fingerprint density at radius 3 is 2.30 bits per heavy atom. The van der Waals surface area contributed by atoms with Crippen LogP contribution in [0.15, 0.2) is 0 Å². The van der Waals surface area contributed by atoms with Crippen molar-refractivity contribution < 1.29 is 18.0 Å². The molecule has 2 aliphatic carbocycles. The van der Waals surface area contributed by atoms with E-state index in [4.69, 9.17) is 0 Å². The number of hydrogen-bond acceptors (Lipinski definition) is 2. The van der Waals surface area contributed by atoms with Crippen LogP contribution in [0.25, 0.3) is 0 Å². The summed E-state index contributed by atoms with van der Waals surface area (Å²) in [5.41, 5.74) is -2.59. The van der Waals surface area contributed by atoms with Gasteiger partial charge < -0.3 is 4.90 Å². The summed E-state index contributed by atoms with van der Waals surface area (Å²) in [6, 6.07) is 0. The molecular weight excluding hydrogens is 269 g/mol. The molecule has 0 bridgehead atoms. The van der Waals surface area contributed by atoms with Gasteiger partial charge in [-0.3, -0.25) is 10.1 Å². The lowest BCUT2D eigenvalue weighted by atomic mass is 9.97. The van der Waals surface area contributed by atoms with Crippen molar-refractivity contribution in [2.24, 2.45) is 0 Å². The third kappa shape index (κ3) is 1.80. The van der Waals surface area contributed by atoms with Gasteiger partial charge in [0, 0.05) is 0 Å². The molecule has 0 aromatic heterocycles. The molecule has 1 aliphatic heterocycles. The highest BCUT2D eigenvalue weighted by molar-refractivity contribution is 5.90. The van der Waals surface area contributed by atoms with Crippen molar-refractivity contribution in [1.29, 1.82) is 0 Å². The zero-order chi connectivity index (χ0) is 14.6. The van der Waals surface area contributed by atoms with Crippen molar-refractivity contribution in [2.45, 2.75) is 81.7 Å². The molecule has 1 unspecified atom stereocenters. The van der Waals surface area contributed by atoms with Crippen molar-refractivity contribution >= 4 is 5.91 Å². The van der Waals surface area contributed by atoms with Gasteiger partial charge in [-0.2, -0.15) is 13.2 Å². The van der Waals surface area contributed by atoms with E-state index in [1.165, 1.54) is 4.90 Å². The number of hydrogen-bond donors (Lipinski definition) is 1. The third-order valence-electron chi connectivity index (χ3n) is 5.11. The van der Waals surface area contributed by atoms with Crippen LogP contribution in [-0.2, 0) is 4.79 Å². The van der Waals surface area contributed by atoms with E-state index in [-0.39, 0.29) is 18.7 Å². The van der Waals surface area contributed by atoms with E-state index in [0.717, 1.165) is 19.3 Å². The summed E-state index contributed by atoms with van der Waals surface area (Å²) in [6.07, 6.45) is -0.103. The Kier molecular flexibility index (Phi) is 3.09. The normalized spacial score (nSPS) is 31.3. The summed E-state index contributed by atoms with van der Waals surface area (Å²) in [5, 5.41) is 3.26. The number of carbonyl (C=O) groups excluding carboxylic acids is 1. The molecule has 0 aromatic rings. The number of alkyl halides is 3. The summed E-state index contributed by atoms with van der Waals surface area (Å²) < 4.78 is 40.2. The predicted molar refractivity (Wildman–Crippen MR) is 67.9 cm³/mol. The summed E-state index contributed by atoms with van der Waals surface area (Å²) in [4.78, 5) is 13.9. The van der Waals surface area contributed by atoms with Gasteiger partial charge in [0.25, 0.3) is 0 Å². The topological polar surface area (TPSA) is 32.3 Å². The lowest BCUT2D eigenvalue weighted by molar-refractivity contribution is -0.203. The highest BCUT2D eigenvalue weighted by atomic mass is 19.4. The second-order valence-electron chi connectivity index (χ2n) is 6.44. The average molecular weight is 290 g/mol. The number of amides is 1. The Morgan fingerprint density at radius 1 is 1.25 bits per heavy atom. The van der Waals surface area contributed by atoms with Crippen molar-refractivity contribution in [2.75, 3.05) is 0 Å². The Labute approximate surface area is 116 Å². The van der Waals surface area contributed by atoms with Gasteiger partial charge in [0.15, 0.2) is 0 Å². The van der Waals surface area contributed by atoms with Crippen LogP contribution in [-0.4, -0.2) is 34.2 Å². The SMILES string of the molecule is CCCC1NC2(CCCC2)C(=O)N1C1(C(F)(F)F)CC1. The molecule has 20 heavy (non-hydrogen) atoms. The minimum atomic E-state index is -4.32. The predicted octanol–water partition coefficient (Wildman–Crippen LogP) is 2.95. The monoisotopic (exact) mass is 290 g/mol. The average Bonchev–Trinajstić information content (AvgIpc) is 2.96. The number of nitrogens with zero attached hydrogens (tertiary/aromatic N) is 1. The second-order valence-corrected chi connectivity index (χ2v) is 6.44. The van der Waals surface area contributed by atoms with Crippen LogP contribution in [0.3, 0.4) is 0 Å². The summed E-state index contributed by atoms with van der Waals surface area (Å²) in [6.45, 7) is 1.94. The van der Waals surface area contributed by atoms with E-state index in [2.05, 4.69) is 5.32 Å². The van der Waals surface area contributed by atoms with Crippen LogP contribution in [0.5, 0.6) is 0 Å². The molecule has 1 atom stereocenters. The van der Waals surface area contributed by atoms with E-state index < -0.39 is 23.4 Å². The molecule has 1 spiro atoms. The molecule has 1 heterocycles. The van der Waals surface area contributed by atoms with Crippen LogP contribution >= 0.6 is 0 Å². The summed E-state index contributed by atoms with van der Waals surface area (Å²) in [5.74, 6) is -0.303. The molecule has 0 aromatic carbocycles. The first-order chi connectivity index (χ1) is 9.36. The van der Waals surface area contributed by atoms with E-state index >= 15 is 0 Å². The van der Waals surface area contributed by atoms with E-state index in [0.29, 0.717) is 19.3 Å². The van der Waals surface area contributed by atoms with Crippen LogP contribution in [0.4, 0.5) is 13.2 Å². The van der Waals surface area contributed by atoms with E-state index in [9.17, 15) is 18.0 Å². The first-order valence-electron chi connectivity index (χ1n) is 7.54. The van der Waals surface area contributed by atoms with Gasteiger partial charge in [0.2, 0.25) is 5.91 Å².